The summed E-state index contributed by atoms with van der Waals surface area (Å²) in [5.41, 5.74) is 0.297. The number of H-pyrrole nitrogens is 1. The topological polar surface area (TPSA) is 100 Å². The van der Waals surface area contributed by atoms with Crippen LogP contribution in [0.5, 0.6) is 0 Å². The number of anilines is 1. The average Bonchev–Trinajstić information content (AvgIpc) is 2.81. The van der Waals surface area contributed by atoms with Crippen molar-refractivity contribution >= 4 is 22.8 Å². The molecule has 2 heterocycles. The predicted octanol–water partition coefficient (Wildman–Crippen LogP) is 1.71. The second-order valence-electron chi connectivity index (χ2n) is 5.90. The maximum Gasteiger partial charge on any atom is 0.355 e. The van der Waals surface area contributed by atoms with Crippen LogP contribution in [0.4, 0.5) is 5.82 Å². The van der Waals surface area contributed by atoms with E-state index in [0.29, 0.717) is 22.5 Å². The minimum absolute atomic E-state index is 0.0190. The lowest BCUT2D eigenvalue weighted by Gasteiger charge is -2.18. The molecule has 0 aliphatic rings. The molecule has 0 saturated carbocycles. The van der Waals surface area contributed by atoms with Gasteiger partial charge >= 0.3 is 5.97 Å². The smallest absolute Gasteiger partial charge is 0.355 e. The molecule has 0 aliphatic heterocycles. The van der Waals surface area contributed by atoms with Crippen molar-refractivity contribution < 1.29 is 14.6 Å². The van der Waals surface area contributed by atoms with Crippen molar-refractivity contribution in [2.45, 2.75) is 39.3 Å². The molecule has 3 N–H and O–H groups in total. The van der Waals surface area contributed by atoms with Gasteiger partial charge in [0, 0.05) is 6.04 Å². The van der Waals surface area contributed by atoms with Crippen LogP contribution in [0.25, 0.3) is 11.0 Å². The number of nitrogens with one attached hydrogen (secondary N) is 2. The van der Waals surface area contributed by atoms with Crippen LogP contribution in [0.3, 0.4) is 0 Å². The standard InChI is InChI=1S/C14H20N4O3/c1-8(6-19)17-11-9-5-10(13(20)21-14(2,3)4)18-12(9)16-7-15-11/h5,7-8,19H,6H2,1-4H3,(H2,15,16,17,18). The summed E-state index contributed by atoms with van der Waals surface area (Å²) in [6.07, 6.45) is 1.39. The first-order valence-electron chi connectivity index (χ1n) is 6.74. The molecule has 0 aromatic carbocycles. The number of hydrogen-bond donors (Lipinski definition) is 3. The van der Waals surface area contributed by atoms with Crippen LogP contribution >= 0.6 is 0 Å². The van der Waals surface area contributed by atoms with Gasteiger partial charge in [-0.1, -0.05) is 0 Å². The lowest BCUT2D eigenvalue weighted by Crippen LogP contribution is -2.24. The number of aliphatic hydroxyl groups is 1. The number of rotatable bonds is 4. The molecule has 1 unspecified atom stereocenters. The fourth-order valence-electron chi connectivity index (χ4n) is 1.78. The number of esters is 1. The maximum atomic E-state index is 12.1. The van der Waals surface area contributed by atoms with Gasteiger partial charge in [0.15, 0.2) is 0 Å². The van der Waals surface area contributed by atoms with Crippen LogP contribution in [0.15, 0.2) is 12.4 Å². The summed E-state index contributed by atoms with van der Waals surface area (Å²) in [5, 5.41) is 12.8. The highest BCUT2D eigenvalue weighted by molar-refractivity contribution is 5.97. The molecular formula is C14H20N4O3. The second-order valence-corrected chi connectivity index (χ2v) is 5.90. The molecule has 0 radical (unpaired) electrons. The number of aromatic nitrogens is 3. The third kappa shape index (κ3) is 3.69. The second kappa shape index (κ2) is 5.69. The molecule has 1 atom stereocenters. The summed E-state index contributed by atoms with van der Waals surface area (Å²) < 4.78 is 5.32. The van der Waals surface area contributed by atoms with Gasteiger partial charge in [-0.05, 0) is 33.8 Å². The van der Waals surface area contributed by atoms with Crippen LogP contribution in [-0.2, 0) is 4.74 Å². The van der Waals surface area contributed by atoms with E-state index in [1.54, 1.807) is 6.07 Å². The van der Waals surface area contributed by atoms with Crippen LogP contribution < -0.4 is 5.32 Å². The van der Waals surface area contributed by atoms with E-state index in [2.05, 4.69) is 20.3 Å². The summed E-state index contributed by atoms with van der Waals surface area (Å²) in [7, 11) is 0. The molecule has 0 saturated heterocycles. The monoisotopic (exact) mass is 292 g/mol. The first-order valence-corrected chi connectivity index (χ1v) is 6.74. The van der Waals surface area contributed by atoms with E-state index < -0.39 is 11.6 Å². The van der Waals surface area contributed by atoms with Gasteiger partial charge < -0.3 is 20.1 Å². The van der Waals surface area contributed by atoms with E-state index in [1.807, 2.05) is 27.7 Å². The molecule has 0 amide bonds. The van der Waals surface area contributed by atoms with E-state index in [4.69, 9.17) is 9.84 Å². The Bertz CT molecular complexity index is 645. The Morgan fingerprint density at radius 1 is 1.48 bits per heavy atom. The normalized spacial score (nSPS) is 13.2. The number of carbonyl (C=O) groups excluding carboxylic acids is 1. The van der Waals surface area contributed by atoms with Crippen LogP contribution in [0.2, 0.25) is 0 Å². The zero-order valence-corrected chi connectivity index (χ0v) is 12.6. The zero-order chi connectivity index (χ0) is 15.6. The molecular weight excluding hydrogens is 272 g/mol. The van der Waals surface area contributed by atoms with Gasteiger partial charge in [-0.15, -0.1) is 0 Å². The molecule has 2 aromatic heterocycles. The van der Waals surface area contributed by atoms with E-state index in [9.17, 15) is 4.79 Å². The van der Waals surface area contributed by atoms with Crippen molar-refractivity contribution in [3.8, 4) is 0 Å². The highest BCUT2D eigenvalue weighted by atomic mass is 16.6. The Morgan fingerprint density at radius 2 is 2.19 bits per heavy atom. The van der Waals surface area contributed by atoms with Gasteiger partial charge in [-0.3, -0.25) is 0 Å². The summed E-state index contributed by atoms with van der Waals surface area (Å²) in [6, 6.07) is 1.50. The largest absolute Gasteiger partial charge is 0.455 e. The van der Waals surface area contributed by atoms with Gasteiger partial charge in [0.25, 0.3) is 0 Å². The Morgan fingerprint density at radius 3 is 2.81 bits per heavy atom. The summed E-state index contributed by atoms with van der Waals surface area (Å²) in [5.74, 6) is 0.120. The summed E-state index contributed by atoms with van der Waals surface area (Å²) in [4.78, 5) is 23.2. The Labute approximate surface area is 122 Å². The third-order valence-electron chi connectivity index (χ3n) is 2.70. The molecule has 21 heavy (non-hydrogen) atoms. The van der Waals surface area contributed by atoms with E-state index in [1.165, 1.54) is 6.33 Å². The predicted molar refractivity (Wildman–Crippen MR) is 79.2 cm³/mol. The summed E-state index contributed by atoms with van der Waals surface area (Å²) in [6.45, 7) is 7.24. The number of aliphatic hydroxyl groups excluding tert-OH is 1. The molecule has 0 spiro atoms. The van der Waals surface area contributed by atoms with Gasteiger partial charge in [-0.25, -0.2) is 14.8 Å². The molecule has 2 aromatic rings. The van der Waals surface area contributed by atoms with Crippen molar-refractivity contribution in [3.05, 3.63) is 18.1 Å². The van der Waals surface area contributed by atoms with Gasteiger partial charge in [0.2, 0.25) is 0 Å². The number of carbonyl (C=O) groups is 1. The number of aromatic amines is 1. The lowest BCUT2D eigenvalue weighted by atomic mass is 10.2. The Kier molecular flexibility index (Phi) is 4.13. The number of hydrogen-bond acceptors (Lipinski definition) is 6. The zero-order valence-electron chi connectivity index (χ0n) is 12.6. The molecule has 2 rings (SSSR count). The first-order chi connectivity index (χ1) is 9.80. The quantitative estimate of drug-likeness (QED) is 0.742. The fourth-order valence-corrected chi connectivity index (χ4v) is 1.78. The Balaban J connectivity index is 2.33. The van der Waals surface area contributed by atoms with Crippen LogP contribution in [0.1, 0.15) is 38.2 Å². The molecule has 0 fully saturated rings. The van der Waals surface area contributed by atoms with Crippen LogP contribution in [-0.4, -0.2) is 44.3 Å². The number of nitrogens with zero attached hydrogens (tertiary/aromatic N) is 2. The highest BCUT2D eigenvalue weighted by Crippen LogP contribution is 2.22. The molecule has 114 valence electrons. The lowest BCUT2D eigenvalue weighted by molar-refractivity contribution is 0.00638. The van der Waals surface area contributed by atoms with Gasteiger partial charge in [0.05, 0.1) is 12.0 Å². The summed E-state index contributed by atoms with van der Waals surface area (Å²) >= 11 is 0. The minimum Gasteiger partial charge on any atom is -0.455 e. The maximum absolute atomic E-state index is 12.1. The number of fused-ring (bicyclic) bond motifs is 1. The molecule has 7 nitrogen and oxygen atoms in total. The SMILES string of the molecule is CC(CO)Nc1ncnc2[nH]c(C(=O)OC(C)(C)C)cc12. The minimum atomic E-state index is -0.563. The van der Waals surface area contributed by atoms with Crippen molar-refractivity contribution in [1.29, 1.82) is 0 Å². The molecule has 0 aliphatic carbocycles. The van der Waals surface area contributed by atoms with Crippen molar-refractivity contribution in [1.82, 2.24) is 15.0 Å². The first kappa shape index (κ1) is 15.2. The average molecular weight is 292 g/mol. The van der Waals surface area contributed by atoms with Gasteiger partial charge in [-0.2, -0.15) is 0 Å². The fraction of sp³-hybridized carbons (Fsp3) is 0.500. The van der Waals surface area contributed by atoms with E-state index in [0.717, 1.165) is 0 Å². The van der Waals surface area contributed by atoms with Gasteiger partial charge in [0.1, 0.15) is 29.1 Å². The van der Waals surface area contributed by atoms with Crippen molar-refractivity contribution in [2.75, 3.05) is 11.9 Å². The number of ether oxygens (including phenoxy) is 1. The molecule has 7 heteroatoms. The van der Waals surface area contributed by atoms with Crippen molar-refractivity contribution in [2.24, 2.45) is 0 Å². The Hall–Kier alpha value is -2.15. The van der Waals surface area contributed by atoms with Crippen molar-refractivity contribution in [3.63, 3.8) is 0 Å². The van der Waals surface area contributed by atoms with E-state index in [-0.39, 0.29) is 12.6 Å². The third-order valence-corrected chi connectivity index (χ3v) is 2.70. The molecule has 0 bridgehead atoms. The highest BCUT2D eigenvalue weighted by Gasteiger charge is 2.20. The van der Waals surface area contributed by atoms with E-state index >= 15 is 0 Å². The van der Waals surface area contributed by atoms with Crippen LogP contribution in [0, 0.1) is 0 Å².